The number of hydrogen-bond donors (Lipinski definition) is 2. The average Bonchev–Trinajstić information content (AvgIpc) is 3.14. The highest BCUT2D eigenvalue weighted by Crippen LogP contribution is 2.27. The Hall–Kier alpha value is -1.89. The van der Waals surface area contributed by atoms with Crippen molar-refractivity contribution in [2.45, 2.75) is 32.6 Å². The molecule has 0 amide bonds. The Balaban J connectivity index is 1.82. The number of anilines is 3. The Morgan fingerprint density at radius 3 is 2.60 bits per heavy atom. The molecule has 1 aromatic heterocycles. The summed E-state index contributed by atoms with van der Waals surface area (Å²) in [6, 6.07) is 2.13. The highest BCUT2D eigenvalue weighted by atomic mass is 32.1. The molecule has 136 valence electrons. The second-order valence-electron chi connectivity index (χ2n) is 6.92. The molecule has 7 heteroatoms. The summed E-state index contributed by atoms with van der Waals surface area (Å²) in [4.78, 5) is 14.1. The molecule has 0 aliphatic carbocycles. The van der Waals surface area contributed by atoms with Crippen molar-refractivity contribution in [3.8, 4) is 0 Å². The van der Waals surface area contributed by atoms with Crippen molar-refractivity contribution in [2.75, 3.05) is 47.8 Å². The lowest BCUT2D eigenvalue weighted by molar-refractivity contribution is 0.444. The number of hydrogen-bond acceptors (Lipinski definition) is 5. The number of thiocarbonyl (C=S) groups is 1. The summed E-state index contributed by atoms with van der Waals surface area (Å²) in [7, 11) is 0. The molecule has 0 spiro atoms. The van der Waals surface area contributed by atoms with Crippen molar-refractivity contribution in [3.63, 3.8) is 0 Å². The monoisotopic (exact) mass is 360 g/mol. The molecular formula is C18H28N6S. The van der Waals surface area contributed by atoms with Crippen molar-refractivity contribution in [1.29, 1.82) is 0 Å². The molecule has 6 nitrogen and oxygen atoms in total. The summed E-state index contributed by atoms with van der Waals surface area (Å²) in [5.74, 6) is 3.26. The van der Waals surface area contributed by atoms with Gasteiger partial charge in [0.15, 0.2) is 5.11 Å². The van der Waals surface area contributed by atoms with Crippen molar-refractivity contribution >= 4 is 34.9 Å². The van der Waals surface area contributed by atoms with Crippen molar-refractivity contribution in [3.05, 3.63) is 18.7 Å². The quantitative estimate of drug-likeness (QED) is 0.618. The third kappa shape index (κ3) is 4.81. The first kappa shape index (κ1) is 17.9. The second-order valence-corrected chi connectivity index (χ2v) is 7.33. The smallest absolute Gasteiger partial charge is 0.232 e. The van der Waals surface area contributed by atoms with E-state index in [-0.39, 0.29) is 0 Å². The number of aromatic nitrogens is 2. The molecule has 2 saturated heterocycles. The van der Waals surface area contributed by atoms with Gasteiger partial charge in [-0.25, -0.2) is 0 Å². The Morgan fingerprint density at radius 1 is 1.24 bits per heavy atom. The molecule has 25 heavy (non-hydrogen) atoms. The standard InChI is InChI=1S/C18H28N6S/c1-3-8-19-18(25)22-17-20-15(23-9-4-5-10-23)12-16(21-17)24-11-6-7-14(2)13-24/h3,12,14H,1,4-11,13H2,2H3,(H2,19,20,21,22,25)/t14-/m0/s1. The normalized spacial score (nSPS) is 20.4. The maximum Gasteiger partial charge on any atom is 0.232 e. The van der Waals surface area contributed by atoms with Crippen LogP contribution in [0.3, 0.4) is 0 Å². The minimum Gasteiger partial charge on any atom is -0.359 e. The van der Waals surface area contributed by atoms with E-state index < -0.39 is 0 Å². The highest BCUT2D eigenvalue weighted by Gasteiger charge is 2.21. The summed E-state index contributed by atoms with van der Waals surface area (Å²) < 4.78 is 0. The third-order valence-electron chi connectivity index (χ3n) is 4.74. The maximum atomic E-state index is 5.32. The highest BCUT2D eigenvalue weighted by molar-refractivity contribution is 7.80. The van der Waals surface area contributed by atoms with Crippen molar-refractivity contribution in [2.24, 2.45) is 5.92 Å². The van der Waals surface area contributed by atoms with Crippen LogP contribution in [0.25, 0.3) is 0 Å². The fraction of sp³-hybridized carbons (Fsp3) is 0.611. The predicted octanol–water partition coefficient (Wildman–Crippen LogP) is 2.79. The fourth-order valence-electron chi connectivity index (χ4n) is 3.46. The van der Waals surface area contributed by atoms with E-state index in [2.05, 4.69) is 40.0 Å². The molecule has 3 heterocycles. The summed E-state index contributed by atoms with van der Waals surface area (Å²) in [5, 5.41) is 6.72. The van der Waals surface area contributed by atoms with Gasteiger partial charge in [0.05, 0.1) is 0 Å². The van der Waals surface area contributed by atoms with Gasteiger partial charge in [-0.1, -0.05) is 13.0 Å². The molecule has 1 atom stereocenters. The van der Waals surface area contributed by atoms with E-state index in [1.165, 1.54) is 25.7 Å². The zero-order valence-corrected chi connectivity index (χ0v) is 15.8. The maximum absolute atomic E-state index is 5.32. The van der Waals surface area contributed by atoms with E-state index in [0.29, 0.717) is 23.5 Å². The molecule has 0 unspecified atom stereocenters. The van der Waals surface area contributed by atoms with Crippen LogP contribution in [-0.2, 0) is 0 Å². The zero-order chi connectivity index (χ0) is 17.6. The van der Waals surface area contributed by atoms with Gasteiger partial charge in [-0.15, -0.1) is 6.58 Å². The van der Waals surface area contributed by atoms with E-state index in [1.54, 1.807) is 6.08 Å². The van der Waals surface area contributed by atoms with Gasteiger partial charge in [0.2, 0.25) is 5.95 Å². The van der Waals surface area contributed by atoms with Gasteiger partial charge in [0, 0.05) is 38.8 Å². The molecule has 0 aromatic carbocycles. The number of rotatable bonds is 5. The summed E-state index contributed by atoms with van der Waals surface area (Å²) in [5.41, 5.74) is 0. The lowest BCUT2D eigenvalue weighted by Gasteiger charge is -2.32. The molecule has 3 rings (SSSR count). The molecule has 0 saturated carbocycles. The van der Waals surface area contributed by atoms with Gasteiger partial charge in [0.1, 0.15) is 11.6 Å². The van der Waals surface area contributed by atoms with Crippen LogP contribution in [-0.4, -0.2) is 47.8 Å². The van der Waals surface area contributed by atoms with Crippen LogP contribution in [0.2, 0.25) is 0 Å². The number of nitrogens with one attached hydrogen (secondary N) is 2. The van der Waals surface area contributed by atoms with Crippen LogP contribution in [0.5, 0.6) is 0 Å². The van der Waals surface area contributed by atoms with Crippen LogP contribution < -0.4 is 20.4 Å². The Kier molecular flexibility index (Phi) is 6.07. The lowest BCUT2D eigenvalue weighted by Crippen LogP contribution is -2.35. The first-order valence-electron chi connectivity index (χ1n) is 9.20. The van der Waals surface area contributed by atoms with Gasteiger partial charge >= 0.3 is 0 Å². The second kappa shape index (κ2) is 8.47. The summed E-state index contributed by atoms with van der Waals surface area (Å²) >= 11 is 5.32. The molecule has 2 aliphatic rings. The van der Waals surface area contributed by atoms with Crippen LogP contribution in [0.15, 0.2) is 18.7 Å². The summed E-state index contributed by atoms with van der Waals surface area (Å²) in [6.07, 6.45) is 6.73. The van der Waals surface area contributed by atoms with Crippen LogP contribution >= 0.6 is 12.2 Å². The minimum absolute atomic E-state index is 0.524. The Labute approximate surface area is 155 Å². The minimum atomic E-state index is 0.524. The van der Waals surface area contributed by atoms with E-state index >= 15 is 0 Å². The first-order chi connectivity index (χ1) is 12.2. The molecule has 2 fully saturated rings. The topological polar surface area (TPSA) is 56.3 Å². The molecular weight excluding hydrogens is 332 g/mol. The Morgan fingerprint density at radius 2 is 1.92 bits per heavy atom. The molecule has 2 aliphatic heterocycles. The molecule has 0 radical (unpaired) electrons. The first-order valence-corrected chi connectivity index (χ1v) is 9.61. The Bertz CT molecular complexity index is 614. The zero-order valence-electron chi connectivity index (χ0n) is 15.0. The predicted molar refractivity (Wildman–Crippen MR) is 109 cm³/mol. The largest absolute Gasteiger partial charge is 0.359 e. The number of piperidine rings is 1. The van der Waals surface area contributed by atoms with Crippen molar-refractivity contribution in [1.82, 2.24) is 15.3 Å². The van der Waals surface area contributed by atoms with E-state index in [9.17, 15) is 0 Å². The van der Waals surface area contributed by atoms with Gasteiger partial charge in [-0.05, 0) is 43.8 Å². The SMILES string of the molecule is C=CCNC(=S)Nc1nc(N2CCCC2)cc(N2CCC[C@H](C)C2)n1. The molecule has 2 N–H and O–H groups in total. The third-order valence-corrected chi connectivity index (χ3v) is 4.99. The fourth-order valence-corrected chi connectivity index (χ4v) is 3.63. The molecule has 0 bridgehead atoms. The van der Waals surface area contributed by atoms with Crippen LogP contribution in [0.4, 0.5) is 17.6 Å². The lowest BCUT2D eigenvalue weighted by atomic mass is 10.0. The van der Waals surface area contributed by atoms with E-state index in [1.807, 2.05) is 0 Å². The number of nitrogens with zero attached hydrogens (tertiary/aromatic N) is 4. The molecule has 1 aromatic rings. The summed E-state index contributed by atoms with van der Waals surface area (Å²) in [6.45, 7) is 10.8. The van der Waals surface area contributed by atoms with Gasteiger partial charge in [-0.3, -0.25) is 0 Å². The van der Waals surface area contributed by atoms with Gasteiger partial charge in [-0.2, -0.15) is 9.97 Å². The van der Waals surface area contributed by atoms with E-state index in [0.717, 1.165) is 37.8 Å². The van der Waals surface area contributed by atoms with Gasteiger partial charge in [0.25, 0.3) is 0 Å². The van der Waals surface area contributed by atoms with Crippen molar-refractivity contribution < 1.29 is 0 Å². The van der Waals surface area contributed by atoms with Crippen LogP contribution in [0, 0.1) is 5.92 Å². The average molecular weight is 361 g/mol. The van der Waals surface area contributed by atoms with Gasteiger partial charge < -0.3 is 20.4 Å². The van der Waals surface area contributed by atoms with Crippen LogP contribution in [0.1, 0.15) is 32.6 Å². The van der Waals surface area contributed by atoms with E-state index in [4.69, 9.17) is 22.2 Å².